The van der Waals surface area contributed by atoms with Crippen LogP contribution in [0.25, 0.3) is 11.1 Å². The van der Waals surface area contributed by atoms with Gasteiger partial charge in [0.25, 0.3) is 5.91 Å². The average Bonchev–Trinajstić information content (AvgIpc) is 3.55. The minimum absolute atomic E-state index is 0.0440. The molecule has 3 aliphatic rings. The molecular weight excluding hydrogens is 510 g/mol. The Morgan fingerprint density at radius 1 is 1.07 bits per heavy atom. The lowest BCUT2D eigenvalue weighted by molar-refractivity contribution is -0.118. The molecule has 40 heavy (non-hydrogen) atoms. The van der Waals surface area contributed by atoms with Gasteiger partial charge in [-0.15, -0.1) is 0 Å². The number of cyclic esters (lactones) is 1. The van der Waals surface area contributed by atoms with Crippen molar-refractivity contribution in [3.05, 3.63) is 66.2 Å². The summed E-state index contributed by atoms with van der Waals surface area (Å²) >= 11 is 0. The molecule has 6 rings (SSSR count). The molecule has 1 aliphatic carbocycles. The molecule has 4 N–H and O–H groups in total. The number of nitrogens with two attached hydrogens (primary N) is 1. The highest BCUT2D eigenvalue weighted by molar-refractivity contribution is 5.95. The highest BCUT2D eigenvalue weighted by Gasteiger charge is 2.33. The Morgan fingerprint density at radius 3 is 2.77 bits per heavy atom. The molecule has 0 spiro atoms. The fraction of sp³-hybridized carbons (Fsp3) is 0.367. The Morgan fingerprint density at radius 2 is 1.93 bits per heavy atom. The van der Waals surface area contributed by atoms with Crippen LogP contribution in [0.2, 0.25) is 0 Å². The Kier molecular flexibility index (Phi) is 7.52. The van der Waals surface area contributed by atoms with Crippen LogP contribution in [0.15, 0.2) is 60.7 Å². The maximum atomic E-state index is 12.5. The molecule has 1 aromatic heterocycles. The smallest absolute Gasteiger partial charge is 0.415 e. The standard InChI is InChI=1S/C30H33N5O5/c31-22-7-8-24(15-22)39-23-6-2-5-21(14-23)20-4-1-3-19(13-20)16-32-12-11-25-17-35(30(37)40-25)27-10-9-26-29(33-27)34-28(36)18-38-26/h1-6,9-10,13-14,22,24-25,32H,7-8,11-12,15-18,31H2,(H,33,34,36)/t22-,24+,25+/m1/s1. The van der Waals surface area contributed by atoms with Crippen LogP contribution in [-0.4, -0.2) is 54.9 Å². The number of fused-ring (bicyclic) bond motifs is 1. The zero-order chi connectivity index (χ0) is 27.5. The second kappa shape index (κ2) is 11.5. The number of rotatable bonds is 9. The van der Waals surface area contributed by atoms with Crippen LogP contribution in [0.5, 0.6) is 11.5 Å². The summed E-state index contributed by atoms with van der Waals surface area (Å²) in [5.74, 6) is 1.82. The maximum absolute atomic E-state index is 12.5. The molecule has 1 saturated heterocycles. The normalized spacial score (nSPS) is 21.9. The lowest BCUT2D eigenvalue weighted by Gasteiger charge is -2.19. The third kappa shape index (κ3) is 6.03. The number of benzene rings is 2. The van der Waals surface area contributed by atoms with Gasteiger partial charge >= 0.3 is 6.09 Å². The van der Waals surface area contributed by atoms with E-state index in [9.17, 15) is 9.59 Å². The summed E-state index contributed by atoms with van der Waals surface area (Å²) in [6.45, 7) is 1.73. The monoisotopic (exact) mass is 543 g/mol. The van der Waals surface area contributed by atoms with Gasteiger partial charge in [-0.2, -0.15) is 0 Å². The van der Waals surface area contributed by atoms with Crippen LogP contribution in [0.1, 0.15) is 31.2 Å². The second-order valence-corrected chi connectivity index (χ2v) is 10.5. The van der Waals surface area contributed by atoms with E-state index in [-0.39, 0.29) is 30.8 Å². The number of nitrogens with zero attached hydrogens (tertiary/aromatic N) is 2. The molecular formula is C30H33N5O5. The van der Waals surface area contributed by atoms with E-state index in [0.29, 0.717) is 43.4 Å². The van der Waals surface area contributed by atoms with Gasteiger partial charge in [-0.3, -0.25) is 9.69 Å². The van der Waals surface area contributed by atoms with Gasteiger partial charge in [0.2, 0.25) is 0 Å². The molecule has 0 radical (unpaired) electrons. The molecule has 3 atom stereocenters. The van der Waals surface area contributed by atoms with E-state index >= 15 is 0 Å². The molecule has 3 heterocycles. The van der Waals surface area contributed by atoms with Crippen LogP contribution in [0.4, 0.5) is 16.4 Å². The molecule has 10 nitrogen and oxygen atoms in total. The van der Waals surface area contributed by atoms with Crippen molar-refractivity contribution in [2.24, 2.45) is 5.73 Å². The van der Waals surface area contributed by atoms with Crippen LogP contribution in [-0.2, 0) is 16.1 Å². The first-order valence-corrected chi connectivity index (χ1v) is 13.7. The highest BCUT2D eigenvalue weighted by atomic mass is 16.6. The quantitative estimate of drug-likeness (QED) is 0.348. The summed E-state index contributed by atoms with van der Waals surface area (Å²) in [5, 5.41) is 6.13. The van der Waals surface area contributed by atoms with Crippen molar-refractivity contribution in [2.45, 2.75) is 50.5 Å². The SMILES string of the molecule is N[C@@H]1CC[C@H](Oc2cccc(-c3cccc(CNCC[C@H]4CN(c5ccc6c(n5)NC(=O)CO6)C(=O)O4)c3)c2)C1. The fourth-order valence-electron chi connectivity index (χ4n) is 5.34. The van der Waals surface area contributed by atoms with E-state index in [0.717, 1.165) is 41.7 Å². The van der Waals surface area contributed by atoms with Crippen molar-refractivity contribution in [3.63, 3.8) is 0 Å². The van der Waals surface area contributed by atoms with Gasteiger partial charge in [0.05, 0.1) is 6.54 Å². The van der Waals surface area contributed by atoms with E-state index in [1.807, 2.05) is 12.1 Å². The van der Waals surface area contributed by atoms with Crippen LogP contribution in [0, 0.1) is 0 Å². The summed E-state index contributed by atoms with van der Waals surface area (Å²) in [7, 11) is 0. The number of aromatic nitrogens is 1. The van der Waals surface area contributed by atoms with Crippen LogP contribution >= 0.6 is 0 Å². The van der Waals surface area contributed by atoms with E-state index in [1.54, 1.807) is 12.1 Å². The zero-order valence-corrected chi connectivity index (χ0v) is 22.2. The third-order valence-corrected chi connectivity index (χ3v) is 7.41. The molecule has 3 aromatic rings. The Labute approximate surface area is 232 Å². The van der Waals surface area contributed by atoms with Gasteiger partial charge < -0.3 is 30.6 Å². The first-order valence-electron chi connectivity index (χ1n) is 13.7. The Balaban J connectivity index is 0.997. The van der Waals surface area contributed by atoms with Gasteiger partial charge in [0.15, 0.2) is 18.2 Å². The number of anilines is 2. The fourth-order valence-corrected chi connectivity index (χ4v) is 5.34. The number of carbonyl (C=O) groups is 2. The van der Waals surface area contributed by atoms with Crippen LogP contribution in [0.3, 0.4) is 0 Å². The predicted octanol–water partition coefficient (Wildman–Crippen LogP) is 3.84. The van der Waals surface area contributed by atoms with E-state index in [2.05, 4.69) is 52.0 Å². The van der Waals surface area contributed by atoms with Crippen molar-refractivity contribution < 1.29 is 23.8 Å². The van der Waals surface area contributed by atoms with Gasteiger partial charge in [-0.1, -0.05) is 30.3 Å². The molecule has 0 unspecified atom stereocenters. The summed E-state index contributed by atoms with van der Waals surface area (Å²) in [4.78, 5) is 29.9. The number of pyridine rings is 1. The number of hydrogen-bond donors (Lipinski definition) is 3. The first-order chi connectivity index (χ1) is 19.5. The Bertz CT molecular complexity index is 1400. The van der Waals surface area contributed by atoms with Crippen LogP contribution < -0.4 is 30.7 Å². The molecule has 2 fully saturated rings. The lowest BCUT2D eigenvalue weighted by Crippen LogP contribution is -2.29. The molecule has 10 heteroatoms. The van der Waals surface area contributed by atoms with Crippen molar-refractivity contribution in [1.29, 1.82) is 0 Å². The largest absolute Gasteiger partial charge is 0.490 e. The van der Waals surface area contributed by atoms with Crippen molar-refractivity contribution >= 4 is 23.6 Å². The third-order valence-electron chi connectivity index (χ3n) is 7.41. The average molecular weight is 544 g/mol. The zero-order valence-electron chi connectivity index (χ0n) is 22.2. The van der Waals surface area contributed by atoms with Gasteiger partial charge in [0.1, 0.15) is 23.8 Å². The molecule has 0 bridgehead atoms. The van der Waals surface area contributed by atoms with Crippen molar-refractivity contribution in [1.82, 2.24) is 10.3 Å². The van der Waals surface area contributed by atoms with Gasteiger partial charge in [-0.25, -0.2) is 9.78 Å². The summed E-state index contributed by atoms with van der Waals surface area (Å²) in [6.07, 6.45) is 3.08. The maximum Gasteiger partial charge on any atom is 0.415 e. The van der Waals surface area contributed by atoms with Gasteiger partial charge in [-0.05, 0) is 79.3 Å². The first kappa shape index (κ1) is 26.1. The number of nitrogens with one attached hydrogen (secondary N) is 2. The van der Waals surface area contributed by atoms with E-state index < -0.39 is 6.09 Å². The lowest BCUT2D eigenvalue weighted by atomic mass is 10.0. The second-order valence-electron chi connectivity index (χ2n) is 10.5. The molecule has 208 valence electrons. The topological polar surface area (TPSA) is 128 Å². The minimum atomic E-state index is -0.449. The summed E-state index contributed by atoms with van der Waals surface area (Å²) < 4.78 is 17.1. The number of amides is 2. The predicted molar refractivity (Wildman–Crippen MR) is 150 cm³/mol. The summed E-state index contributed by atoms with van der Waals surface area (Å²) in [6, 6.07) is 20.3. The highest BCUT2D eigenvalue weighted by Crippen LogP contribution is 2.31. The van der Waals surface area contributed by atoms with Gasteiger partial charge in [0, 0.05) is 12.6 Å². The van der Waals surface area contributed by atoms with E-state index in [4.69, 9.17) is 19.9 Å². The Hall–Kier alpha value is -4.15. The number of ether oxygens (including phenoxy) is 3. The minimum Gasteiger partial charge on any atom is -0.490 e. The molecule has 2 aromatic carbocycles. The number of hydrogen-bond acceptors (Lipinski definition) is 8. The number of carbonyl (C=O) groups excluding carboxylic acids is 2. The molecule has 2 amide bonds. The van der Waals surface area contributed by atoms with Crippen molar-refractivity contribution in [3.8, 4) is 22.6 Å². The molecule has 1 saturated carbocycles. The van der Waals surface area contributed by atoms with E-state index in [1.165, 1.54) is 4.90 Å². The molecule has 2 aliphatic heterocycles. The van der Waals surface area contributed by atoms with Crippen molar-refractivity contribution in [2.75, 3.05) is 29.9 Å². The summed E-state index contributed by atoms with van der Waals surface area (Å²) in [5.41, 5.74) is 9.44.